The molecule has 1 aliphatic carbocycles. The SMILES string of the molecule is CO.NC=N/C=C(/Cl)C(=NC1CCN(C(=O)C2CCN(CC=O)CC2)CC1)c1cccc(C2=CC=C(F)C=C=C2)c1. The van der Waals surface area contributed by atoms with Crippen molar-refractivity contribution in [2.75, 3.05) is 39.8 Å². The van der Waals surface area contributed by atoms with Crippen molar-refractivity contribution in [1.29, 1.82) is 0 Å². The van der Waals surface area contributed by atoms with Gasteiger partial charge >= 0.3 is 0 Å². The summed E-state index contributed by atoms with van der Waals surface area (Å²) in [5, 5.41) is 7.35. The molecule has 10 heteroatoms. The lowest BCUT2D eigenvalue weighted by molar-refractivity contribution is -0.138. The Morgan fingerprint density at radius 3 is 2.56 bits per heavy atom. The Morgan fingerprint density at radius 1 is 1.15 bits per heavy atom. The Balaban J connectivity index is 0.00000226. The molecule has 41 heavy (non-hydrogen) atoms. The molecule has 8 nitrogen and oxygen atoms in total. The Morgan fingerprint density at radius 2 is 1.88 bits per heavy atom. The van der Waals surface area contributed by atoms with Gasteiger partial charge in [-0.1, -0.05) is 35.9 Å². The van der Waals surface area contributed by atoms with Gasteiger partial charge in [-0.15, -0.1) is 5.73 Å². The zero-order valence-corrected chi connectivity index (χ0v) is 24.0. The van der Waals surface area contributed by atoms with Gasteiger partial charge in [-0.25, -0.2) is 9.38 Å². The largest absolute Gasteiger partial charge is 0.400 e. The van der Waals surface area contributed by atoms with E-state index in [1.807, 2.05) is 29.2 Å². The summed E-state index contributed by atoms with van der Waals surface area (Å²) in [5.74, 6) is -0.141. The first-order valence-electron chi connectivity index (χ1n) is 13.7. The highest BCUT2D eigenvalue weighted by atomic mass is 35.5. The average Bonchev–Trinajstić information content (AvgIpc) is 3.24. The van der Waals surface area contributed by atoms with E-state index >= 15 is 0 Å². The predicted molar refractivity (Wildman–Crippen MR) is 162 cm³/mol. The highest BCUT2D eigenvalue weighted by Gasteiger charge is 2.31. The number of aliphatic imine (C=N–C) groups is 2. The Kier molecular flexibility index (Phi) is 12.9. The van der Waals surface area contributed by atoms with E-state index in [0.29, 0.717) is 30.4 Å². The maximum atomic E-state index is 13.6. The third kappa shape index (κ3) is 9.20. The monoisotopic (exact) mass is 581 g/mol. The third-order valence-electron chi connectivity index (χ3n) is 7.21. The standard InChI is InChI=1S/C30H33ClFN5O2.CH4O/c31-28(20-34-21-33)29(25-5-1-4-24(19-25)22-3-2-6-26(32)8-7-22)35-27-11-15-37(16-12-27)30(39)23-9-13-36(14-10-23)17-18-38;1-2/h1,3-8,18-21,23,27H,9-17H2,(H2,33,34);2H,1H3/b28-20+,35-29?;. The van der Waals surface area contributed by atoms with Crippen molar-refractivity contribution in [2.45, 2.75) is 31.7 Å². The minimum Gasteiger partial charge on any atom is -0.400 e. The molecule has 0 bridgehead atoms. The van der Waals surface area contributed by atoms with Crippen LogP contribution >= 0.6 is 11.6 Å². The summed E-state index contributed by atoms with van der Waals surface area (Å²) in [6.07, 6.45) is 12.7. The van der Waals surface area contributed by atoms with Crippen LogP contribution in [0.25, 0.3) is 5.57 Å². The summed E-state index contributed by atoms with van der Waals surface area (Å²) in [6, 6.07) is 7.71. The van der Waals surface area contributed by atoms with E-state index < -0.39 is 0 Å². The number of hydrogen-bond donors (Lipinski definition) is 2. The van der Waals surface area contributed by atoms with Gasteiger partial charge in [0.15, 0.2) is 0 Å². The molecule has 0 spiro atoms. The van der Waals surface area contributed by atoms with E-state index in [4.69, 9.17) is 27.4 Å². The van der Waals surface area contributed by atoms with Crippen LogP contribution in [-0.2, 0) is 9.59 Å². The summed E-state index contributed by atoms with van der Waals surface area (Å²) >= 11 is 6.65. The van der Waals surface area contributed by atoms with Gasteiger partial charge in [0.2, 0.25) is 5.91 Å². The van der Waals surface area contributed by atoms with Crippen molar-refractivity contribution in [3.05, 3.63) is 82.5 Å². The van der Waals surface area contributed by atoms with Crippen molar-refractivity contribution in [2.24, 2.45) is 21.6 Å². The lowest BCUT2D eigenvalue weighted by atomic mass is 9.93. The summed E-state index contributed by atoms with van der Waals surface area (Å²) < 4.78 is 13.6. The summed E-state index contributed by atoms with van der Waals surface area (Å²) in [4.78, 5) is 36.9. The van der Waals surface area contributed by atoms with E-state index in [1.165, 1.54) is 18.4 Å². The number of aliphatic hydroxyl groups excluding tert-OH is 1. The van der Waals surface area contributed by atoms with E-state index in [-0.39, 0.29) is 23.7 Å². The quantitative estimate of drug-likeness (QED) is 0.208. The third-order valence-corrected chi connectivity index (χ3v) is 7.49. The number of carbonyl (C=O) groups excluding carboxylic acids is 2. The number of halogens is 2. The van der Waals surface area contributed by atoms with Crippen LogP contribution in [0.3, 0.4) is 0 Å². The molecular formula is C31H37ClFN5O3. The predicted octanol–water partition coefficient (Wildman–Crippen LogP) is 4.02. The molecule has 2 saturated heterocycles. The summed E-state index contributed by atoms with van der Waals surface area (Å²) in [7, 11) is 1.00. The summed E-state index contributed by atoms with van der Waals surface area (Å²) in [6.45, 7) is 3.27. The van der Waals surface area contributed by atoms with Crippen molar-refractivity contribution in [3.8, 4) is 0 Å². The number of amides is 1. The molecule has 218 valence electrons. The first-order valence-corrected chi connectivity index (χ1v) is 14.0. The smallest absolute Gasteiger partial charge is 0.225 e. The molecule has 0 saturated carbocycles. The molecule has 1 aromatic rings. The maximum Gasteiger partial charge on any atom is 0.225 e. The first-order chi connectivity index (χ1) is 20.0. The van der Waals surface area contributed by atoms with Gasteiger partial charge < -0.3 is 20.5 Å². The van der Waals surface area contributed by atoms with Gasteiger partial charge in [0, 0.05) is 44.0 Å². The van der Waals surface area contributed by atoms with Crippen LogP contribution in [0, 0.1) is 5.92 Å². The lowest BCUT2D eigenvalue weighted by Crippen LogP contribution is -2.46. The molecule has 1 aromatic carbocycles. The zero-order chi connectivity index (χ0) is 29.6. The van der Waals surface area contributed by atoms with Gasteiger partial charge in [-0.3, -0.25) is 14.7 Å². The van der Waals surface area contributed by atoms with E-state index in [1.54, 1.807) is 12.2 Å². The second kappa shape index (κ2) is 16.6. The molecule has 0 atom stereocenters. The molecule has 3 N–H and O–H groups in total. The minimum absolute atomic E-state index is 0.0110. The molecule has 3 aliphatic rings. The minimum atomic E-state index is -0.363. The highest BCUT2D eigenvalue weighted by Crippen LogP contribution is 2.26. The number of nitrogens with zero attached hydrogens (tertiary/aromatic N) is 4. The second-order valence-corrected chi connectivity index (χ2v) is 10.2. The Bertz CT molecular complexity index is 1280. The normalized spacial score (nSPS) is 19.4. The molecule has 2 aliphatic heterocycles. The van der Waals surface area contributed by atoms with Crippen LogP contribution in [0.15, 0.2) is 81.3 Å². The first kappa shape index (κ1) is 31.9. The van der Waals surface area contributed by atoms with Gasteiger partial charge in [0.05, 0.1) is 29.7 Å². The number of aldehydes is 1. The van der Waals surface area contributed by atoms with Crippen LogP contribution in [0.4, 0.5) is 4.39 Å². The number of allylic oxidation sites excluding steroid dienone is 6. The fourth-order valence-electron chi connectivity index (χ4n) is 5.07. The van der Waals surface area contributed by atoms with Crippen LogP contribution in [0.2, 0.25) is 0 Å². The van der Waals surface area contributed by atoms with Gasteiger partial charge in [-0.05, 0) is 68.1 Å². The van der Waals surface area contributed by atoms with E-state index in [9.17, 15) is 14.0 Å². The molecule has 2 fully saturated rings. The molecule has 4 rings (SSSR count). The zero-order valence-electron chi connectivity index (χ0n) is 23.3. The topological polar surface area (TPSA) is 112 Å². The van der Waals surface area contributed by atoms with Crippen LogP contribution < -0.4 is 5.73 Å². The van der Waals surface area contributed by atoms with Gasteiger partial charge in [0.1, 0.15) is 12.1 Å². The number of likely N-dealkylation sites (tertiary alicyclic amines) is 2. The number of carbonyl (C=O) groups is 2. The Labute approximate surface area is 245 Å². The van der Waals surface area contributed by atoms with E-state index in [0.717, 1.165) is 75.2 Å². The number of nitrogens with two attached hydrogens (primary N) is 1. The number of benzene rings is 1. The number of hydrogen-bond acceptors (Lipinski definition) is 6. The van der Waals surface area contributed by atoms with Gasteiger partial charge in [0.25, 0.3) is 0 Å². The van der Waals surface area contributed by atoms with Crippen molar-refractivity contribution < 1.29 is 19.1 Å². The van der Waals surface area contributed by atoms with Crippen molar-refractivity contribution in [1.82, 2.24) is 9.80 Å². The fourth-order valence-corrected chi connectivity index (χ4v) is 5.28. The van der Waals surface area contributed by atoms with Crippen molar-refractivity contribution >= 4 is 41.4 Å². The number of piperidine rings is 2. The van der Waals surface area contributed by atoms with Crippen LogP contribution in [0.1, 0.15) is 36.8 Å². The Hall–Kier alpha value is -3.62. The molecule has 2 heterocycles. The maximum absolute atomic E-state index is 13.6. The van der Waals surface area contributed by atoms with Crippen LogP contribution in [0.5, 0.6) is 0 Å². The molecule has 1 amide bonds. The molecular weight excluding hydrogens is 545 g/mol. The van der Waals surface area contributed by atoms with Crippen molar-refractivity contribution in [3.63, 3.8) is 0 Å². The average molecular weight is 582 g/mol. The lowest BCUT2D eigenvalue weighted by Gasteiger charge is -2.36. The summed E-state index contributed by atoms with van der Waals surface area (Å²) in [5.41, 5.74) is 11.3. The molecule has 0 unspecified atom stereocenters. The molecule has 0 radical (unpaired) electrons. The second-order valence-electron chi connectivity index (χ2n) is 9.76. The van der Waals surface area contributed by atoms with E-state index in [2.05, 4.69) is 15.6 Å². The highest BCUT2D eigenvalue weighted by molar-refractivity contribution is 6.46. The number of aliphatic hydroxyl groups is 1. The fraction of sp³-hybridized carbons (Fsp3) is 0.387. The van der Waals surface area contributed by atoms with Gasteiger partial charge in [-0.2, -0.15) is 0 Å². The number of rotatable bonds is 8. The van der Waals surface area contributed by atoms with Crippen LogP contribution in [-0.4, -0.2) is 85.0 Å². The molecule has 0 aromatic heterocycles.